The van der Waals surface area contributed by atoms with Gasteiger partial charge in [-0.2, -0.15) is 0 Å². The van der Waals surface area contributed by atoms with Crippen molar-refractivity contribution in [3.05, 3.63) is 0 Å². The average molecular weight is 171 g/mol. The molecule has 0 aromatic heterocycles. The first-order valence-electron chi connectivity index (χ1n) is 4.40. The molecule has 1 saturated heterocycles. The van der Waals surface area contributed by atoms with Gasteiger partial charge < -0.3 is 9.64 Å². The maximum atomic E-state index is 11.2. The standard InChI is InChI=1S/C9H17NO2/c1-7-4-8(9(11)12-3)6-10(2)5-7/h7-8H,4-6H2,1-3H3. The number of ether oxygens (including phenoxy) is 1. The van der Waals surface area contributed by atoms with Gasteiger partial charge in [0.1, 0.15) is 0 Å². The van der Waals surface area contributed by atoms with Crippen LogP contribution in [0.3, 0.4) is 0 Å². The number of nitrogens with zero attached hydrogens (tertiary/aromatic N) is 1. The minimum Gasteiger partial charge on any atom is -0.469 e. The lowest BCUT2D eigenvalue weighted by molar-refractivity contribution is -0.147. The van der Waals surface area contributed by atoms with E-state index in [1.165, 1.54) is 7.11 Å². The van der Waals surface area contributed by atoms with Gasteiger partial charge >= 0.3 is 5.97 Å². The summed E-state index contributed by atoms with van der Waals surface area (Å²) in [5.41, 5.74) is 0. The molecule has 0 aliphatic carbocycles. The Kier molecular flexibility index (Phi) is 3.09. The summed E-state index contributed by atoms with van der Waals surface area (Å²) < 4.78 is 4.72. The van der Waals surface area contributed by atoms with E-state index in [-0.39, 0.29) is 11.9 Å². The highest BCUT2D eigenvalue weighted by Gasteiger charge is 2.28. The molecule has 0 aromatic rings. The van der Waals surface area contributed by atoms with Crippen LogP contribution in [-0.2, 0) is 9.53 Å². The topological polar surface area (TPSA) is 29.5 Å². The van der Waals surface area contributed by atoms with E-state index in [9.17, 15) is 4.79 Å². The van der Waals surface area contributed by atoms with Crippen LogP contribution in [0.25, 0.3) is 0 Å². The Morgan fingerprint density at radius 1 is 1.50 bits per heavy atom. The zero-order valence-electron chi connectivity index (χ0n) is 8.04. The van der Waals surface area contributed by atoms with Crippen molar-refractivity contribution in [1.29, 1.82) is 0 Å². The third kappa shape index (κ3) is 2.21. The molecule has 0 spiro atoms. The molecule has 2 atom stereocenters. The number of rotatable bonds is 1. The van der Waals surface area contributed by atoms with E-state index < -0.39 is 0 Å². The Bertz CT molecular complexity index is 160. The number of esters is 1. The fourth-order valence-electron chi connectivity index (χ4n) is 1.96. The second-order valence-corrected chi connectivity index (χ2v) is 3.78. The van der Waals surface area contributed by atoms with Gasteiger partial charge in [0, 0.05) is 13.1 Å². The lowest BCUT2D eigenvalue weighted by Gasteiger charge is -2.32. The number of piperidine rings is 1. The van der Waals surface area contributed by atoms with Gasteiger partial charge in [-0.05, 0) is 19.4 Å². The maximum absolute atomic E-state index is 11.2. The summed E-state index contributed by atoms with van der Waals surface area (Å²) in [6, 6.07) is 0. The smallest absolute Gasteiger partial charge is 0.309 e. The third-order valence-electron chi connectivity index (χ3n) is 2.38. The van der Waals surface area contributed by atoms with E-state index in [0.29, 0.717) is 5.92 Å². The van der Waals surface area contributed by atoms with E-state index in [2.05, 4.69) is 11.8 Å². The molecule has 0 saturated carbocycles. The zero-order valence-corrected chi connectivity index (χ0v) is 8.04. The SMILES string of the molecule is COC(=O)C1CC(C)CN(C)C1. The molecule has 0 aromatic carbocycles. The highest BCUT2D eigenvalue weighted by molar-refractivity contribution is 5.72. The molecule has 0 radical (unpaired) electrons. The molecule has 12 heavy (non-hydrogen) atoms. The fraction of sp³-hybridized carbons (Fsp3) is 0.889. The number of carbonyl (C=O) groups is 1. The third-order valence-corrected chi connectivity index (χ3v) is 2.38. The zero-order chi connectivity index (χ0) is 9.14. The van der Waals surface area contributed by atoms with Gasteiger partial charge in [-0.25, -0.2) is 0 Å². The summed E-state index contributed by atoms with van der Waals surface area (Å²) >= 11 is 0. The first-order chi connectivity index (χ1) is 5.63. The number of likely N-dealkylation sites (tertiary alicyclic amines) is 1. The lowest BCUT2D eigenvalue weighted by Crippen LogP contribution is -2.40. The first kappa shape index (κ1) is 9.52. The van der Waals surface area contributed by atoms with Crippen molar-refractivity contribution >= 4 is 5.97 Å². The molecule has 0 amide bonds. The minimum absolute atomic E-state index is 0.0617. The summed E-state index contributed by atoms with van der Waals surface area (Å²) in [5, 5.41) is 0. The van der Waals surface area contributed by atoms with Crippen LogP contribution in [0.1, 0.15) is 13.3 Å². The molecule has 1 rings (SSSR count). The van der Waals surface area contributed by atoms with E-state index >= 15 is 0 Å². The second-order valence-electron chi connectivity index (χ2n) is 3.78. The lowest BCUT2D eigenvalue weighted by atomic mass is 9.91. The number of hydrogen-bond acceptors (Lipinski definition) is 3. The van der Waals surface area contributed by atoms with Crippen LogP contribution in [0.2, 0.25) is 0 Å². The van der Waals surface area contributed by atoms with Crippen molar-refractivity contribution in [1.82, 2.24) is 4.90 Å². The summed E-state index contributed by atoms with van der Waals surface area (Å²) in [4.78, 5) is 13.4. The Labute approximate surface area is 73.7 Å². The van der Waals surface area contributed by atoms with E-state index in [4.69, 9.17) is 4.74 Å². The summed E-state index contributed by atoms with van der Waals surface area (Å²) in [6.07, 6.45) is 0.969. The highest BCUT2D eigenvalue weighted by Crippen LogP contribution is 2.20. The van der Waals surface area contributed by atoms with Gasteiger partial charge in [0.15, 0.2) is 0 Å². The van der Waals surface area contributed by atoms with Crippen molar-refractivity contribution in [3.63, 3.8) is 0 Å². The van der Waals surface area contributed by atoms with Crippen LogP contribution in [0, 0.1) is 11.8 Å². The van der Waals surface area contributed by atoms with E-state index in [0.717, 1.165) is 19.5 Å². The van der Waals surface area contributed by atoms with Crippen LogP contribution in [0.5, 0.6) is 0 Å². The van der Waals surface area contributed by atoms with E-state index in [1.807, 2.05) is 7.05 Å². The normalized spacial score (nSPS) is 31.6. The first-order valence-corrected chi connectivity index (χ1v) is 4.40. The molecule has 0 bridgehead atoms. The van der Waals surface area contributed by atoms with Crippen molar-refractivity contribution in [2.24, 2.45) is 11.8 Å². The molecule has 2 unspecified atom stereocenters. The molecule has 0 N–H and O–H groups in total. The van der Waals surface area contributed by atoms with Crippen LogP contribution < -0.4 is 0 Å². The van der Waals surface area contributed by atoms with Gasteiger partial charge in [-0.3, -0.25) is 4.79 Å². The molecule has 1 aliphatic rings. The van der Waals surface area contributed by atoms with Crippen molar-refractivity contribution < 1.29 is 9.53 Å². The maximum Gasteiger partial charge on any atom is 0.309 e. The predicted octanol–water partition coefficient (Wildman–Crippen LogP) is 0.747. The molecular weight excluding hydrogens is 154 g/mol. The summed E-state index contributed by atoms with van der Waals surface area (Å²) in [7, 11) is 3.51. The minimum atomic E-state index is -0.0617. The average Bonchev–Trinajstić information content (AvgIpc) is 2.01. The van der Waals surface area contributed by atoms with Crippen molar-refractivity contribution in [3.8, 4) is 0 Å². The van der Waals surface area contributed by atoms with Crippen LogP contribution in [0.4, 0.5) is 0 Å². The Morgan fingerprint density at radius 2 is 2.17 bits per heavy atom. The van der Waals surface area contributed by atoms with Crippen LogP contribution in [0.15, 0.2) is 0 Å². The monoisotopic (exact) mass is 171 g/mol. The predicted molar refractivity (Wildman–Crippen MR) is 46.8 cm³/mol. The molecule has 1 fully saturated rings. The second kappa shape index (κ2) is 3.90. The van der Waals surface area contributed by atoms with Gasteiger partial charge in [-0.15, -0.1) is 0 Å². The summed E-state index contributed by atoms with van der Waals surface area (Å²) in [6.45, 7) is 4.11. The molecule has 1 heterocycles. The number of hydrogen-bond donors (Lipinski definition) is 0. The number of methoxy groups -OCH3 is 1. The Morgan fingerprint density at radius 3 is 2.67 bits per heavy atom. The summed E-state index contributed by atoms with van der Waals surface area (Å²) in [5.74, 6) is 0.630. The molecule has 70 valence electrons. The molecule has 3 heteroatoms. The molecule has 1 aliphatic heterocycles. The van der Waals surface area contributed by atoms with Gasteiger partial charge in [0.25, 0.3) is 0 Å². The van der Waals surface area contributed by atoms with Gasteiger partial charge in [0.2, 0.25) is 0 Å². The van der Waals surface area contributed by atoms with Crippen molar-refractivity contribution in [2.75, 3.05) is 27.2 Å². The van der Waals surface area contributed by atoms with Crippen LogP contribution >= 0.6 is 0 Å². The highest BCUT2D eigenvalue weighted by atomic mass is 16.5. The quantitative estimate of drug-likeness (QED) is 0.545. The fourth-order valence-corrected chi connectivity index (χ4v) is 1.96. The Balaban J connectivity index is 2.49. The van der Waals surface area contributed by atoms with E-state index in [1.54, 1.807) is 0 Å². The number of carbonyl (C=O) groups excluding carboxylic acids is 1. The largest absolute Gasteiger partial charge is 0.469 e. The van der Waals surface area contributed by atoms with Gasteiger partial charge in [0.05, 0.1) is 13.0 Å². The molecule has 3 nitrogen and oxygen atoms in total. The van der Waals surface area contributed by atoms with Crippen molar-refractivity contribution in [2.45, 2.75) is 13.3 Å². The Hall–Kier alpha value is -0.570. The molecular formula is C9H17NO2. The van der Waals surface area contributed by atoms with Crippen LogP contribution in [-0.4, -0.2) is 38.1 Å². The van der Waals surface area contributed by atoms with Gasteiger partial charge in [-0.1, -0.05) is 6.92 Å².